The monoisotopic (exact) mass is 885 g/mol. The molecule has 5 heterocycles. The maximum absolute atomic E-state index is 6.53. The summed E-state index contributed by atoms with van der Waals surface area (Å²) in [6.45, 7) is 8.76. The molecule has 1 aliphatic rings. The second-order valence-corrected chi connectivity index (χ2v) is 15.1. The van der Waals surface area contributed by atoms with Gasteiger partial charge in [-0.25, -0.2) is 9.97 Å². The number of aromatic nitrogens is 3. The van der Waals surface area contributed by atoms with Crippen molar-refractivity contribution in [3.63, 3.8) is 0 Å². The van der Waals surface area contributed by atoms with E-state index in [1.54, 1.807) is 0 Å². The Morgan fingerprint density at radius 3 is 2.32 bits per heavy atom. The summed E-state index contributed by atoms with van der Waals surface area (Å²) in [6, 6.07) is 49.0. The van der Waals surface area contributed by atoms with Crippen molar-refractivity contribution < 1.29 is 25.8 Å². The van der Waals surface area contributed by atoms with E-state index in [1.807, 2.05) is 54.1 Å². The minimum atomic E-state index is -0.0123. The molecule has 5 aromatic carbocycles. The van der Waals surface area contributed by atoms with Gasteiger partial charge in [0.15, 0.2) is 0 Å². The Balaban J connectivity index is 0.00000372. The molecule has 0 saturated heterocycles. The molecular weight excluding hydrogens is 854 g/mol. The van der Waals surface area contributed by atoms with Crippen LogP contribution in [0.2, 0.25) is 0 Å². The summed E-state index contributed by atoms with van der Waals surface area (Å²) in [5, 5.41) is 4.75. The maximum atomic E-state index is 6.53. The van der Waals surface area contributed by atoms with Crippen LogP contribution >= 0.6 is 11.3 Å². The summed E-state index contributed by atoms with van der Waals surface area (Å²) in [4.78, 5) is 14.0. The molecule has 0 spiro atoms. The van der Waals surface area contributed by atoms with Gasteiger partial charge in [-0.1, -0.05) is 74.8 Å². The standard InChI is InChI=1S/C45H32N5OS.Pt/c1-45(2,3)29-22-24-46-42(25-29)50-37-16-6-4-13-33(37)34-21-20-32(27-40(34)50)51-31-12-8-11-30(26-31)48-28-49(44-39(48)18-10-23-47-44)38-17-9-15-36-35-14-5-7-19-41(35)52-43(36)38;/h4-25,28H,1-3H3;/q-3;. The fraction of sp³-hybridized carbons (Fsp3) is 0.0889. The summed E-state index contributed by atoms with van der Waals surface area (Å²) >= 11 is 1.81. The van der Waals surface area contributed by atoms with Crippen LogP contribution in [0, 0.1) is 18.8 Å². The molecule has 0 unspecified atom stereocenters. The first-order valence-corrected chi connectivity index (χ1v) is 18.1. The number of thiophene rings is 1. The van der Waals surface area contributed by atoms with Gasteiger partial charge in [0.2, 0.25) is 0 Å². The van der Waals surface area contributed by atoms with Crippen molar-refractivity contribution in [3.05, 3.63) is 158 Å². The van der Waals surface area contributed by atoms with Crippen molar-refractivity contribution in [1.82, 2.24) is 14.5 Å². The van der Waals surface area contributed by atoms with Crippen LogP contribution in [0.4, 0.5) is 22.9 Å². The molecule has 0 bridgehead atoms. The number of benzene rings is 5. The van der Waals surface area contributed by atoms with Gasteiger partial charge in [-0.2, -0.15) is 12.1 Å². The average molecular weight is 886 g/mol. The Hall–Kier alpha value is -5.49. The van der Waals surface area contributed by atoms with E-state index in [9.17, 15) is 0 Å². The van der Waals surface area contributed by atoms with Crippen molar-refractivity contribution in [1.29, 1.82) is 0 Å². The van der Waals surface area contributed by atoms with E-state index in [1.165, 1.54) is 25.7 Å². The second kappa shape index (κ2) is 12.9. The molecule has 0 amide bonds. The van der Waals surface area contributed by atoms with Gasteiger partial charge in [0.25, 0.3) is 0 Å². The molecule has 9 aromatic rings. The predicted molar refractivity (Wildman–Crippen MR) is 214 cm³/mol. The van der Waals surface area contributed by atoms with E-state index in [-0.39, 0.29) is 26.5 Å². The van der Waals surface area contributed by atoms with Gasteiger partial charge >= 0.3 is 0 Å². The maximum Gasteiger partial charge on any atom is 0.135 e. The zero-order valence-corrected chi connectivity index (χ0v) is 32.2. The quantitative estimate of drug-likeness (QED) is 0.161. The molecule has 0 atom stereocenters. The van der Waals surface area contributed by atoms with Crippen LogP contribution in [-0.4, -0.2) is 14.5 Å². The van der Waals surface area contributed by atoms with E-state index < -0.39 is 0 Å². The Bertz CT molecular complexity index is 2840. The van der Waals surface area contributed by atoms with Gasteiger partial charge in [-0.3, -0.25) is 0 Å². The van der Waals surface area contributed by atoms with E-state index in [0.717, 1.165) is 50.5 Å². The normalized spacial score (nSPS) is 12.9. The molecular formula is C45H32N5OPtS-3. The van der Waals surface area contributed by atoms with Crippen molar-refractivity contribution in [2.75, 3.05) is 9.80 Å². The zero-order valence-electron chi connectivity index (χ0n) is 29.1. The van der Waals surface area contributed by atoms with Gasteiger partial charge in [0.05, 0.1) is 10.4 Å². The number of fused-ring (bicyclic) bond motifs is 7. The van der Waals surface area contributed by atoms with E-state index in [2.05, 4.69) is 145 Å². The smallest absolute Gasteiger partial charge is 0.135 e. The molecule has 8 heteroatoms. The number of anilines is 4. The Kier molecular flexibility index (Phi) is 8.10. The Morgan fingerprint density at radius 2 is 1.43 bits per heavy atom. The molecule has 0 saturated carbocycles. The molecule has 0 radical (unpaired) electrons. The van der Waals surface area contributed by atoms with Crippen LogP contribution in [0.5, 0.6) is 11.5 Å². The van der Waals surface area contributed by atoms with E-state index in [0.29, 0.717) is 11.5 Å². The third-order valence-electron chi connectivity index (χ3n) is 9.76. The van der Waals surface area contributed by atoms with Gasteiger partial charge < -0.3 is 19.1 Å². The number of hydrogen-bond donors (Lipinski definition) is 0. The Labute approximate surface area is 326 Å². The number of pyridine rings is 2. The van der Waals surface area contributed by atoms with Gasteiger partial charge in [-0.15, -0.1) is 59.4 Å². The summed E-state index contributed by atoms with van der Waals surface area (Å²) in [7, 11) is 0. The first kappa shape index (κ1) is 33.4. The molecule has 262 valence electrons. The topological polar surface area (TPSA) is 46.4 Å². The van der Waals surface area contributed by atoms with Gasteiger partial charge in [-0.05, 0) is 58.8 Å². The number of rotatable bonds is 5. The Morgan fingerprint density at radius 1 is 0.660 bits per heavy atom. The van der Waals surface area contributed by atoms with Gasteiger partial charge in [0.1, 0.15) is 11.6 Å². The number of hydrogen-bond acceptors (Lipinski definition) is 6. The van der Waals surface area contributed by atoms with Crippen molar-refractivity contribution in [2.24, 2.45) is 0 Å². The number of ether oxygens (including phenoxy) is 1. The largest absolute Gasteiger partial charge is 0.509 e. The fourth-order valence-electron chi connectivity index (χ4n) is 7.22. The van der Waals surface area contributed by atoms with Crippen LogP contribution in [0.25, 0.3) is 47.8 Å². The van der Waals surface area contributed by atoms with Crippen molar-refractivity contribution in [2.45, 2.75) is 26.2 Å². The van der Waals surface area contributed by atoms with Crippen LogP contribution < -0.4 is 14.5 Å². The first-order chi connectivity index (χ1) is 25.4. The molecule has 6 nitrogen and oxygen atoms in total. The van der Waals surface area contributed by atoms with E-state index >= 15 is 0 Å². The molecule has 4 aromatic heterocycles. The number of nitrogens with zero attached hydrogens (tertiary/aromatic N) is 5. The van der Waals surface area contributed by atoms with Crippen molar-refractivity contribution in [3.8, 4) is 17.3 Å². The van der Waals surface area contributed by atoms with Crippen LogP contribution in [0.15, 0.2) is 134 Å². The van der Waals surface area contributed by atoms with Crippen LogP contribution in [0.1, 0.15) is 26.3 Å². The van der Waals surface area contributed by atoms with E-state index in [4.69, 9.17) is 14.7 Å². The van der Waals surface area contributed by atoms with Crippen molar-refractivity contribution >= 4 is 76.2 Å². The third-order valence-corrected chi connectivity index (χ3v) is 11.0. The molecule has 0 aliphatic carbocycles. The first-order valence-electron chi connectivity index (χ1n) is 17.3. The second-order valence-electron chi connectivity index (χ2n) is 14.0. The minimum Gasteiger partial charge on any atom is -0.509 e. The number of para-hydroxylation sites is 1. The average Bonchev–Trinajstić information content (AvgIpc) is 3.84. The van der Waals surface area contributed by atoms with Crippen LogP contribution in [-0.2, 0) is 26.5 Å². The summed E-state index contributed by atoms with van der Waals surface area (Å²) in [6.07, 6.45) is 3.74. The molecule has 1 aliphatic heterocycles. The fourth-order valence-corrected chi connectivity index (χ4v) is 8.43. The molecule has 0 fully saturated rings. The van der Waals surface area contributed by atoms with Gasteiger partial charge in [0, 0.05) is 71.6 Å². The predicted octanol–water partition coefficient (Wildman–Crippen LogP) is 12.0. The summed E-state index contributed by atoms with van der Waals surface area (Å²) in [5.74, 6) is 2.91. The molecule has 0 N–H and O–H groups in total. The van der Waals surface area contributed by atoms with Crippen LogP contribution in [0.3, 0.4) is 0 Å². The molecule has 10 rings (SSSR count). The SMILES string of the molecule is CC(C)(C)c1ccnc(-n2c3[c-]c(Oc4[c-]c(N5[CH-]N(c6cccc7c6sc6ccccc67)c6ncccc65)ccc4)ccc3c3ccccc32)c1.[Pt]. The summed E-state index contributed by atoms with van der Waals surface area (Å²) < 4.78 is 11.2. The third kappa shape index (κ3) is 5.58. The minimum absolute atomic E-state index is 0. The summed E-state index contributed by atoms with van der Waals surface area (Å²) in [5.41, 5.74) is 6.10. The zero-order chi connectivity index (χ0) is 35.0. The molecule has 53 heavy (non-hydrogen) atoms.